The van der Waals surface area contributed by atoms with Crippen molar-refractivity contribution in [3.63, 3.8) is 0 Å². The number of benzene rings is 1. The zero-order valence-corrected chi connectivity index (χ0v) is 23.3. The number of amides is 3. The number of carbonyl (C=O) groups is 2. The zero-order valence-electron chi connectivity index (χ0n) is 23.3. The number of piperidine rings is 3. The Morgan fingerprint density at radius 1 is 0.946 bits per heavy atom. The van der Waals surface area contributed by atoms with Crippen LogP contribution >= 0.6 is 0 Å². The summed E-state index contributed by atoms with van der Waals surface area (Å²) in [4.78, 5) is 37.0. The summed E-state index contributed by atoms with van der Waals surface area (Å²) in [7, 11) is 2.15. The number of aryl methyl sites for hydroxylation is 1. The molecular weight excluding hydrogens is 462 g/mol. The fourth-order valence-corrected chi connectivity index (χ4v) is 7.93. The van der Waals surface area contributed by atoms with E-state index in [-0.39, 0.29) is 28.8 Å². The smallest absolute Gasteiger partial charge is 0.320 e. The Morgan fingerprint density at radius 3 is 2.32 bits per heavy atom. The van der Waals surface area contributed by atoms with Gasteiger partial charge in [0, 0.05) is 64.1 Å². The summed E-state index contributed by atoms with van der Waals surface area (Å²) >= 11 is 0. The second-order valence-electron chi connectivity index (χ2n) is 12.9. The van der Waals surface area contributed by atoms with E-state index in [2.05, 4.69) is 54.3 Å². The lowest BCUT2D eigenvalue weighted by Crippen LogP contribution is -2.66. The largest absolute Gasteiger partial charge is 0.343 e. The maximum absolute atomic E-state index is 13.7. The van der Waals surface area contributed by atoms with Crippen LogP contribution in [-0.2, 0) is 23.7 Å². The summed E-state index contributed by atoms with van der Waals surface area (Å²) in [5, 5.41) is 0. The van der Waals surface area contributed by atoms with Gasteiger partial charge in [0.15, 0.2) is 0 Å². The maximum Gasteiger partial charge on any atom is 0.320 e. The highest BCUT2D eigenvalue weighted by molar-refractivity contribution is 5.80. The Balaban J connectivity index is 1.34. The van der Waals surface area contributed by atoms with E-state index < -0.39 is 0 Å². The van der Waals surface area contributed by atoms with Crippen LogP contribution in [-0.4, -0.2) is 75.0 Å². The number of imidazole rings is 1. The summed E-state index contributed by atoms with van der Waals surface area (Å²) in [5.41, 5.74) is 5.08. The number of likely N-dealkylation sites (tertiary alicyclic amines) is 3. The first-order chi connectivity index (χ1) is 17.6. The van der Waals surface area contributed by atoms with Crippen LogP contribution in [0.2, 0.25) is 0 Å². The van der Waals surface area contributed by atoms with E-state index in [1.54, 1.807) is 6.92 Å². The number of rotatable bonds is 1. The number of urea groups is 1. The van der Waals surface area contributed by atoms with Crippen LogP contribution in [0.3, 0.4) is 0 Å². The van der Waals surface area contributed by atoms with E-state index in [1.165, 1.54) is 23.1 Å². The third-order valence-electron chi connectivity index (χ3n) is 10.8. The lowest BCUT2D eigenvalue weighted by Gasteiger charge is -2.61. The van der Waals surface area contributed by atoms with Crippen molar-refractivity contribution in [2.75, 3.05) is 32.7 Å². The van der Waals surface area contributed by atoms with E-state index in [9.17, 15) is 9.59 Å². The molecule has 1 aromatic carbocycles. The minimum atomic E-state index is -0.0193. The van der Waals surface area contributed by atoms with Crippen molar-refractivity contribution in [1.82, 2.24) is 24.3 Å². The van der Waals surface area contributed by atoms with Gasteiger partial charge in [-0.05, 0) is 73.6 Å². The first-order valence-corrected chi connectivity index (χ1v) is 14.4. The van der Waals surface area contributed by atoms with Gasteiger partial charge in [-0.3, -0.25) is 4.79 Å². The number of fused-ring (bicyclic) bond motifs is 5. The van der Waals surface area contributed by atoms with E-state index in [0.717, 1.165) is 82.6 Å². The van der Waals surface area contributed by atoms with Gasteiger partial charge in [-0.25, -0.2) is 9.78 Å². The minimum absolute atomic E-state index is 0.00261. The molecule has 0 radical (unpaired) electrons. The third kappa shape index (κ3) is 3.70. The molecule has 1 aliphatic carbocycles. The van der Waals surface area contributed by atoms with Crippen LogP contribution < -0.4 is 0 Å². The second kappa shape index (κ2) is 8.74. The number of hydrogen-bond donors (Lipinski definition) is 0. The first-order valence-electron chi connectivity index (χ1n) is 14.4. The molecule has 0 spiro atoms. The number of aromatic nitrogens is 2. The monoisotopic (exact) mass is 505 g/mol. The molecule has 3 fully saturated rings. The maximum atomic E-state index is 13.7. The molecule has 200 valence electrons. The molecule has 4 heterocycles. The van der Waals surface area contributed by atoms with Crippen LogP contribution in [0.25, 0.3) is 11.0 Å². The third-order valence-corrected chi connectivity index (χ3v) is 10.8. The van der Waals surface area contributed by atoms with Crippen molar-refractivity contribution < 1.29 is 9.59 Å². The number of carbonyl (C=O) groups excluding carboxylic acids is 2. The highest BCUT2D eigenvalue weighted by atomic mass is 16.2. The highest BCUT2D eigenvalue weighted by Gasteiger charge is 2.57. The van der Waals surface area contributed by atoms with Crippen molar-refractivity contribution in [3.05, 3.63) is 29.1 Å². The summed E-state index contributed by atoms with van der Waals surface area (Å²) in [6.07, 6.45) is 7.32. The summed E-state index contributed by atoms with van der Waals surface area (Å²) in [5.74, 6) is 1.70. The molecule has 0 saturated carbocycles. The van der Waals surface area contributed by atoms with Gasteiger partial charge in [0.25, 0.3) is 0 Å². The molecule has 0 unspecified atom stereocenters. The SMILES string of the molecule is CC(=O)N1CCC(c2nc3cc4c(cc3n2C)C[C@H]2N(C(=O)N3CCCCC3)CC[C@]4(C)C2(C)C)CC1. The van der Waals surface area contributed by atoms with Crippen LogP contribution in [0.1, 0.15) is 89.1 Å². The predicted octanol–water partition coefficient (Wildman–Crippen LogP) is 4.82. The molecule has 7 heteroatoms. The molecule has 3 amide bonds. The molecule has 1 aromatic heterocycles. The van der Waals surface area contributed by atoms with Crippen LogP contribution in [0.4, 0.5) is 4.79 Å². The molecule has 6 rings (SSSR count). The summed E-state index contributed by atoms with van der Waals surface area (Å²) < 4.78 is 2.29. The lowest BCUT2D eigenvalue weighted by atomic mass is 9.51. The molecule has 2 bridgehead atoms. The lowest BCUT2D eigenvalue weighted by molar-refractivity contribution is -0.129. The van der Waals surface area contributed by atoms with Gasteiger partial charge in [-0.1, -0.05) is 20.8 Å². The average Bonchev–Trinajstić information content (AvgIpc) is 3.21. The van der Waals surface area contributed by atoms with Gasteiger partial charge in [0.2, 0.25) is 5.91 Å². The van der Waals surface area contributed by atoms with E-state index in [4.69, 9.17) is 4.98 Å². The highest BCUT2D eigenvalue weighted by Crippen LogP contribution is 2.56. The molecule has 2 atom stereocenters. The normalized spacial score (nSPS) is 27.9. The van der Waals surface area contributed by atoms with Gasteiger partial charge >= 0.3 is 6.03 Å². The van der Waals surface area contributed by atoms with Gasteiger partial charge in [0.1, 0.15) is 5.82 Å². The van der Waals surface area contributed by atoms with Crippen LogP contribution in [0.15, 0.2) is 12.1 Å². The van der Waals surface area contributed by atoms with Gasteiger partial charge in [-0.2, -0.15) is 0 Å². The topological polar surface area (TPSA) is 61.7 Å². The molecule has 4 aliphatic rings. The predicted molar refractivity (Wildman–Crippen MR) is 146 cm³/mol. The van der Waals surface area contributed by atoms with Crippen molar-refractivity contribution in [2.45, 2.75) is 90.0 Å². The summed E-state index contributed by atoms with van der Waals surface area (Å²) in [6.45, 7) is 13.1. The minimum Gasteiger partial charge on any atom is -0.343 e. The average molecular weight is 506 g/mol. The Labute approximate surface area is 221 Å². The molecule has 3 aliphatic heterocycles. The molecule has 3 saturated heterocycles. The molecule has 0 N–H and O–H groups in total. The Hall–Kier alpha value is -2.57. The molecule has 7 nitrogen and oxygen atoms in total. The molecular formula is C30H43N5O2. The van der Waals surface area contributed by atoms with Crippen LogP contribution in [0.5, 0.6) is 0 Å². The van der Waals surface area contributed by atoms with Gasteiger partial charge < -0.3 is 19.3 Å². The number of nitrogens with zero attached hydrogens (tertiary/aromatic N) is 5. The Morgan fingerprint density at radius 2 is 1.65 bits per heavy atom. The van der Waals surface area contributed by atoms with E-state index in [1.807, 2.05) is 4.90 Å². The quantitative estimate of drug-likeness (QED) is 0.558. The van der Waals surface area contributed by atoms with Crippen molar-refractivity contribution in [1.29, 1.82) is 0 Å². The molecule has 37 heavy (non-hydrogen) atoms. The fourth-order valence-electron chi connectivity index (χ4n) is 7.93. The van der Waals surface area contributed by atoms with Gasteiger partial charge in [0.05, 0.1) is 11.0 Å². The van der Waals surface area contributed by atoms with Crippen molar-refractivity contribution in [3.8, 4) is 0 Å². The molecule has 2 aromatic rings. The van der Waals surface area contributed by atoms with Gasteiger partial charge in [-0.15, -0.1) is 0 Å². The van der Waals surface area contributed by atoms with Crippen LogP contribution in [0, 0.1) is 5.41 Å². The zero-order chi connectivity index (χ0) is 26.1. The first kappa shape index (κ1) is 24.7. The number of hydrogen-bond acceptors (Lipinski definition) is 3. The standard InChI is InChI=1S/C30H43N5O2/c1-20(36)33-14-9-21(10-15-33)27-31-24-19-23-22(17-25(24)32(27)5)18-26-29(2,3)30(23,4)11-16-35(26)28(37)34-12-7-6-8-13-34/h17,19,21,26H,6-16,18H2,1-5H3/t26-,30+/m1/s1. The Kier molecular flexibility index (Phi) is 5.85. The van der Waals surface area contributed by atoms with E-state index >= 15 is 0 Å². The van der Waals surface area contributed by atoms with Crippen molar-refractivity contribution >= 4 is 23.0 Å². The second-order valence-corrected chi connectivity index (χ2v) is 12.9. The van der Waals surface area contributed by atoms with E-state index in [0.29, 0.717) is 5.92 Å². The Bertz CT molecular complexity index is 1230. The fraction of sp³-hybridized carbons (Fsp3) is 0.700. The van der Waals surface area contributed by atoms with Crippen molar-refractivity contribution in [2.24, 2.45) is 12.5 Å². The summed E-state index contributed by atoms with van der Waals surface area (Å²) in [6, 6.07) is 5.21.